The molecule has 114 valence electrons. The summed E-state index contributed by atoms with van der Waals surface area (Å²) in [6.07, 6.45) is 2.80. The third-order valence-corrected chi connectivity index (χ3v) is 4.28. The molecule has 1 fully saturated rings. The molecule has 0 heterocycles. The van der Waals surface area contributed by atoms with Gasteiger partial charge in [0.1, 0.15) is 0 Å². The predicted octanol–water partition coefficient (Wildman–Crippen LogP) is 3.41. The highest BCUT2D eigenvalue weighted by Crippen LogP contribution is 2.25. The summed E-state index contributed by atoms with van der Waals surface area (Å²) >= 11 is 6.01. The Morgan fingerprint density at radius 3 is 2.81 bits per heavy atom. The van der Waals surface area contributed by atoms with Gasteiger partial charge in [0.25, 0.3) is 0 Å². The molecule has 1 saturated carbocycles. The van der Waals surface area contributed by atoms with Crippen molar-refractivity contribution in [1.82, 2.24) is 5.32 Å². The number of carboxylic acids is 1. The van der Waals surface area contributed by atoms with E-state index in [1.54, 1.807) is 18.2 Å². The molecule has 1 aromatic carbocycles. The number of carbonyl (C=O) groups excluding carboxylic acids is 1. The Morgan fingerprint density at radius 1 is 1.33 bits per heavy atom. The zero-order chi connectivity index (χ0) is 15.4. The number of amides is 2. The van der Waals surface area contributed by atoms with Crippen LogP contribution in [-0.2, 0) is 4.79 Å². The van der Waals surface area contributed by atoms with E-state index in [1.165, 1.54) is 0 Å². The maximum Gasteiger partial charge on any atom is 0.319 e. The molecule has 3 N–H and O–H groups in total. The van der Waals surface area contributed by atoms with Crippen LogP contribution in [0.3, 0.4) is 0 Å². The molecule has 6 heteroatoms. The van der Waals surface area contributed by atoms with Crippen LogP contribution in [0.25, 0.3) is 0 Å². The van der Waals surface area contributed by atoms with Crippen LogP contribution in [0, 0.1) is 12.8 Å². The molecule has 2 atom stereocenters. The van der Waals surface area contributed by atoms with E-state index >= 15 is 0 Å². The number of anilines is 1. The van der Waals surface area contributed by atoms with Gasteiger partial charge in [-0.15, -0.1) is 0 Å². The Balaban J connectivity index is 1.92. The number of hydrogen-bond acceptors (Lipinski definition) is 2. The number of halogens is 1. The average Bonchev–Trinajstić information content (AvgIpc) is 2.44. The van der Waals surface area contributed by atoms with Crippen molar-refractivity contribution in [1.29, 1.82) is 0 Å². The summed E-state index contributed by atoms with van der Waals surface area (Å²) in [7, 11) is 0. The third-order valence-electron chi connectivity index (χ3n) is 3.87. The number of carbonyl (C=O) groups is 2. The van der Waals surface area contributed by atoms with Crippen molar-refractivity contribution >= 4 is 29.3 Å². The minimum atomic E-state index is -0.785. The lowest BCUT2D eigenvalue weighted by Crippen LogP contribution is -2.42. The van der Waals surface area contributed by atoms with E-state index in [-0.39, 0.29) is 18.0 Å². The molecule has 1 aromatic rings. The first-order chi connectivity index (χ1) is 9.97. The molecule has 2 rings (SSSR count). The lowest BCUT2D eigenvalue weighted by Gasteiger charge is -2.27. The molecule has 0 saturated heterocycles. The lowest BCUT2D eigenvalue weighted by atomic mass is 9.86. The first-order valence-corrected chi connectivity index (χ1v) is 7.40. The summed E-state index contributed by atoms with van der Waals surface area (Å²) in [5.74, 6) is -1.15. The van der Waals surface area contributed by atoms with E-state index < -0.39 is 5.97 Å². The van der Waals surface area contributed by atoms with Gasteiger partial charge in [-0.1, -0.05) is 24.1 Å². The smallest absolute Gasteiger partial charge is 0.319 e. The Hall–Kier alpha value is -1.75. The summed E-state index contributed by atoms with van der Waals surface area (Å²) < 4.78 is 0. The van der Waals surface area contributed by atoms with E-state index in [2.05, 4.69) is 10.6 Å². The SMILES string of the molecule is Cc1c(Cl)cccc1NC(=O)NC1CCCC(C(=O)O)C1. The number of carboxylic acid groups (broad SMARTS) is 1. The Morgan fingerprint density at radius 2 is 2.10 bits per heavy atom. The van der Waals surface area contributed by atoms with E-state index in [9.17, 15) is 9.59 Å². The summed E-state index contributed by atoms with van der Waals surface area (Å²) in [4.78, 5) is 23.0. The molecule has 5 nitrogen and oxygen atoms in total. The zero-order valence-corrected chi connectivity index (χ0v) is 12.6. The van der Waals surface area contributed by atoms with Gasteiger partial charge < -0.3 is 15.7 Å². The first kappa shape index (κ1) is 15.6. The number of benzene rings is 1. The fourth-order valence-electron chi connectivity index (χ4n) is 2.63. The van der Waals surface area contributed by atoms with Crippen LogP contribution in [0.5, 0.6) is 0 Å². The van der Waals surface area contributed by atoms with Crippen LogP contribution < -0.4 is 10.6 Å². The molecule has 1 aliphatic rings. The topological polar surface area (TPSA) is 78.4 Å². The molecular weight excluding hydrogens is 292 g/mol. The van der Waals surface area contributed by atoms with Crippen molar-refractivity contribution in [2.75, 3.05) is 5.32 Å². The Bertz CT molecular complexity index is 548. The van der Waals surface area contributed by atoms with Gasteiger partial charge in [-0.3, -0.25) is 4.79 Å². The highest BCUT2D eigenvalue weighted by Gasteiger charge is 2.27. The van der Waals surface area contributed by atoms with E-state index in [0.29, 0.717) is 23.6 Å². The van der Waals surface area contributed by atoms with Crippen LogP contribution in [-0.4, -0.2) is 23.1 Å². The van der Waals surface area contributed by atoms with Crippen LogP contribution >= 0.6 is 11.6 Å². The van der Waals surface area contributed by atoms with Crippen molar-refractivity contribution in [3.63, 3.8) is 0 Å². The minimum Gasteiger partial charge on any atom is -0.481 e. The zero-order valence-electron chi connectivity index (χ0n) is 11.9. The molecule has 1 aliphatic carbocycles. The highest BCUT2D eigenvalue weighted by molar-refractivity contribution is 6.31. The van der Waals surface area contributed by atoms with Gasteiger partial charge in [0, 0.05) is 16.8 Å². The predicted molar refractivity (Wildman–Crippen MR) is 81.7 cm³/mol. The van der Waals surface area contributed by atoms with Gasteiger partial charge in [0.15, 0.2) is 0 Å². The fourth-order valence-corrected chi connectivity index (χ4v) is 2.81. The number of aliphatic carboxylic acids is 1. The monoisotopic (exact) mass is 310 g/mol. The standard InChI is InChI=1S/C15H19ClN2O3/c1-9-12(16)6-3-7-13(9)18-15(21)17-11-5-2-4-10(8-11)14(19)20/h3,6-7,10-11H,2,4-5,8H2,1H3,(H,19,20)(H2,17,18,21). The summed E-state index contributed by atoms with van der Waals surface area (Å²) in [5, 5.41) is 15.2. The number of nitrogens with one attached hydrogen (secondary N) is 2. The molecule has 0 aromatic heterocycles. The van der Waals surface area contributed by atoms with Gasteiger partial charge in [0.05, 0.1) is 5.92 Å². The van der Waals surface area contributed by atoms with Gasteiger partial charge in [-0.25, -0.2) is 4.79 Å². The van der Waals surface area contributed by atoms with E-state index in [0.717, 1.165) is 18.4 Å². The maximum atomic E-state index is 12.0. The van der Waals surface area contributed by atoms with Crippen LogP contribution in [0.1, 0.15) is 31.2 Å². The molecule has 0 radical (unpaired) electrons. The Kier molecular flexibility index (Phi) is 5.07. The van der Waals surface area contributed by atoms with Crippen LogP contribution in [0.4, 0.5) is 10.5 Å². The number of hydrogen-bond donors (Lipinski definition) is 3. The van der Waals surface area contributed by atoms with Crippen molar-refractivity contribution in [3.8, 4) is 0 Å². The molecule has 0 spiro atoms. The Labute approximate surface area is 128 Å². The fraction of sp³-hybridized carbons (Fsp3) is 0.467. The summed E-state index contributed by atoms with van der Waals surface area (Å²) in [5.41, 5.74) is 1.46. The van der Waals surface area contributed by atoms with Gasteiger partial charge in [-0.2, -0.15) is 0 Å². The minimum absolute atomic E-state index is 0.0978. The first-order valence-electron chi connectivity index (χ1n) is 7.03. The molecular formula is C15H19ClN2O3. The number of urea groups is 1. The van der Waals surface area contributed by atoms with E-state index in [4.69, 9.17) is 16.7 Å². The normalized spacial score (nSPS) is 21.6. The van der Waals surface area contributed by atoms with E-state index in [1.807, 2.05) is 6.92 Å². The van der Waals surface area contributed by atoms with Crippen molar-refractivity contribution in [3.05, 3.63) is 28.8 Å². The van der Waals surface area contributed by atoms with Crippen LogP contribution in [0.15, 0.2) is 18.2 Å². The number of rotatable bonds is 3. The average molecular weight is 311 g/mol. The highest BCUT2D eigenvalue weighted by atomic mass is 35.5. The molecule has 2 amide bonds. The summed E-state index contributed by atoms with van der Waals surface area (Å²) in [6, 6.07) is 4.89. The molecule has 0 aliphatic heterocycles. The summed E-state index contributed by atoms with van der Waals surface area (Å²) in [6.45, 7) is 1.83. The molecule has 2 unspecified atom stereocenters. The van der Waals surface area contributed by atoms with Gasteiger partial charge in [-0.05, 0) is 43.9 Å². The third kappa shape index (κ3) is 4.11. The van der Waals surface area contributed by atoms with Crippen molar-refractivity contribution in [2.45, 2.75) is 38.6 Å². The quantitative estimate of drug-likeness (QED) is 0.800. The van der Waals surface area contributed by atoms with Crippen molar-refractivity contribution < 1.29 is 14.7 Å². The maximum absolute atomic E-state index is 12.0. The van der Waals surface area contributed by atoms with Crippen LogP contribution in [0.2, 0.25) is 5.02 Å². The largest absolute Gasteiger partial charge is 0.481 e. The second-order valence-corrected chi connectivity index (χ2v) is 5.82. The second kappa shape index (κ2) is 6.80. The lowest BCUT2D eigenvalue weighted by molar-refractivity contribution is -0.143. The van der Waals surface area contributed by atoms with Gasteiger partial charge >= 0.3 is 12.0 Å². The molecule has 0 bridgehead atoms. The second-order valence-electron chi connectivity index (χ2n) is 5.41. The van der Waals surface area contributed by atoms with Gasteiger partial charge in [0.2, 0.25) is 0 Å². The molecule has 21 heavy (non-hydrogen) atoms. The van der Waals surface area contributed by atoms with Crippen molar-refractivity contribution in [2.24, 2.45) is 5.92 Å².